The molecule has 1 heterocycles. The van der Waals surface area contributed by atoms with E-state index in [4.69, 9.17) is 14.2 Å². The number of nitrogens with zero attached hydrogens (tertiary/aromatic N) is 1. The van der Waals surface area contributed by atoms with Crippen LogP contribution in [0.25, 0.3) is 0 Å². The smallest absolute Gasteiger partial charge is 0.237 e. The lowest BCUT2D eigenvalue weighted by Gasteiger charge is -2.24. The van der Waals surface area contributed by atoms with Gasteiger partial charge in [0.1, 0.15) is 5.75 Å². The number of rotatable bonds is 7. The number of benzene rings is 2. The van der Waals surface area contributed by atoms with Gasteiger partial charge in [-0.3, -0.25) is 9.69 Å². The maximum absolute atomic E-state index is 12.5. The van der Waals surface area contributed by atoms with Crippen molar-refractivity contribution < 1.29 is 19.0 Å². The fourth-order valence-corrected chi connectivity index (χ4v) is 2.74. The molecule has 138 valence electrons. The second-order valence-electron chi connectivity index (χ2n) is 6.34. The van der Waals surface area contributed by atoms with Gasteiger partial charge in [-0.1, -0.05) is 18.2 Å². The fraction of sp³-hybridized carbons (Fsp3) is 0.350. The first-order chi connectivity index (χ1) is 12.6. The summed E-state index contributed by atoms with van der Waals surface area (Å²) in [5.74, 6) is 2.28. The first-order valence-electron chi connectivity index (χ1n) is 8.56. The number of methoxy groups -OCH3 is 1. The molecular weight excluding hydrogens is 332 g/mol. The molecule has 0 saturated heterocycles. The van der Waals surface area contributed by atoms with Crippen LogP contribution in [0.4, 0.5) is 0 Å². The SMILES string of the molecule is COc1ccc(CN(C)[C@@H](C)C(=O)NCc2ccc3c(c2)OCO3)cc1. The van der Waals surface area contributed by atoms with Crippen LogP contribution in [0.15, 0.2) is 42.5 Å². The normalized spacial score (nSPS) is 13.5. The van der Waals surface area contributed by atoms with Crippen LogP contribution in [-0.4, -0.2) is 37.8 Å². The van der Waals surface area contributed by atoms with Gasteiger partial charge >= 0.3 is 0 Å². The summed E-state index contributed by atoms with van der Waals surface area (Å²) in [6.45, 7) is 3.29. The number of nitrogens with one attached hydrogen (secondary N) is 1. The Hall–Kier alpha value is -2.73. The standard InChI is InChI=1S/C20H24N2O4/c1-14(22(2)12-15-4-7-17(24-3)8-5-15)20(23)21-11-16-6-9-18-19(10-16)26-13-25-18/h4-10,14H,11-13H2,1-3H3,(H,21,23)/t14-/m0/s1. The van der Waals surface area contributed by atoms with E-state index in [-0.39, 0.29) is 18.7 Å². The van der Waals surface area contributed by atoms with Crippen molar-refractivity contribution in [2.45, 2.75) is 26.1 Å². The van der Waals surface area contributed by atoms with E-state index in [1.54, 1.807) is 7.11 Å². The molecule has 0 spiro atoms. The predicted molar refractivity (Wildman–Crippen MR) is 98.3 cm³/mol. The maximum Gasteiger partial charge on any atom is 0.237 e. The Kier molecular flexibility index (Phi) is 5.63. The summed E-state index contributed by atoms with van der Waals surface area (Å²) in [6.07, 6.45) is 0. The van der Waals surface area contributed by atoms with Gasteiger partial charge in [0, 0.05) is 13.1 Å². The molecule has 2 aromatic rings. The number of hydrogen-bond acceptors (Lipinski definition) is 5. The van der Waals surface area contributed by atoms with Crippen molar-refractivity contribution >= 4 is 5.91 Å². The summed E-state index contributed by atoms with van der Waals surface area (Å²) >= 11 is 0. The van der Waals surface area contributed by atoms with Crippen LogP contribution in [-0.2, 0) is 17.9 Å². The maximum atomic E-state index is 12.5. The predicted octanol–water partition coefficient (Wildman–Crippen LogP) is 2.56. The van der Waals surface area contributed by atoms with Crippen molar-refractivity contribution in [3.8, 4) is 17.2 Å². The Balaban J connectivity index is 1.51. The highest BCUT2D eigenvalue weighted by Crippen LogP contribution is 2.32. The van der Waals surface area contributed by atoms with E-state index in [0.29, 0.717) is 13.1 Å². The molecule has 6 heteroatoms. The highest BCUT2D eigenvalue weighted by molar-refractivity contribution is 5.81. The Morgan fingerprint density at radius 3 is 2.58 bits per heavy atom. The molecule has 0 saturated carbocycles. The number of amides is 1. The van der Waals surface area contributed by atoms with E-state index in [2.05, 4.69) is 5.32 Å². The number of fused-ring (bicyclic) bond motifs is 1. The van der Waals surface area contributed by atoms with Gasteiger partial charge in [-0.2, -0.15) is 0 Å². The first kappa shape index (κ1) is 18.1. The molecule has 1 N–H and O–H groups in total. The Morgan fingerprint density at radius 1 is 1.15 bits per heavy atom. The number of carbonyl (C=O) groups is 1. The van der Waals surface area contributed by atoms with Gasteiger partial charge in [0.25, 0.3) is 0 Å². The Morgan fingerprint density at radius 2 is 1.85 bits per heavy atom. The van der Waals surface area contributed by atoms with Crippen molar-refractivity contribution in [1.29, 1.82) is 0 Å². The summed E-state index contributed by atoms with van der Waals surface area (Å²) in [5.41, 5.74) is 2.11. The minimum Gasteiger partial charge on any atom is -0.497 e. The number of likely N-dealkylation sites (N-methyl/N-ethyl adjacent to an activating group) is 1. The molecule has 0 unspecified atom stereocenters. The van der Waals surface area contributed by atoms with E-state index in [9.17, 15) is 4.79 Å². The third-order valence-corrected chi connectivity index (χ3v) is 4.54. The largest absolute Gasteiger partial charge is 0.497 e. The van der Waals surface area contributed by atoms with Gasteiger partial charge in [0.05, 0.1) is 13.2 Å². The Labute approximate surface area is 153 Å². The van der Waals surface area contributed by atoms with Crippen molar-refractivity contribution in [1.82, 2.24) is 10.2 Å². The summed E-state index contributed by atoms with van der Waals surface area (Å²) in [4.78, 5) is 14.5. The average molecular weight is 356 g/mol. The summed E-state index contributed by atoms with van der Waals surface area (Å²) in [6, 6.07) is 13.3. The lowest BCUT2D eigenvalue weighted by Crippen LogP contribution is -2.42. The summed E-state index contributed by atoms with van der Waals surface area (Å²) in [5, 5.41) is 2.98. The minimum absolute atomic E-state index is 0.0151. The van der Waals surface area contributed by atoms with Crippen molar-refractivity contribution in [2.24, 2.45) is 0 Å². The van der Waals surface area contributed by atoms with Crippen LogP contribution in [0, 0.1) is 0 Å². The Bertz CT molecular complexity index is 761. The minimum atomic E-state index is -0.244. The van der Waals surface area contributed by atoms with Crippen LogP contribution >= 0.6 is 0 Å². The van der Waals surface area contributed by atoms with Crippen LogP contribution in [0.5, 0.6) is 17.2 Å². The molecule has 1 aliphatic rings. The third-order valence-electron chi connectivity index (χ3n) is 4.54. The molecule has 0 radical (unpaired) electrons. The topological polar surface area (TPSA) is 60.0 Å². The molecule has 2 aromatic carbocycles. The van der Waals surface area contributed by atoms with E-state index in [1.165, 1.54) is 0 Å². The lowest BCUT2D eigenvalue weighted by molar-refractivity contribution is -0.125. The number of ether oxygens (including phenoxy) is 3. The van der Waals surface area contributed by atoms with E-state index >= 15 is 0 Å². The molecule has 0 bridgehead atoms. The van der Waals surface area contributed by atoms with Crippen molar-refractivity contribution in [3.05, 3.63) is 53.6 Å². The van der Waals surface area contributed by atoms with Crippen molar-refractivity contribution in [2.75, 3.05) is 21.0 Å². The van der Waals surface area contributed by atoms with Gasteiger partial charge < -0.3 is 19.5 Å². The molecule has 0 aliphatic carbocycles. The summed E-state index contributed by atoms with van der Waals surface area (Å²) < 4.78 is 15.8. The van der Waals surface area contributed by atoms with Crippen LogP contribution in [0.1, 0.15) is 18.1 Å². The van der Waals surface area contributed by atoms with Gasteiger partial charge in [-0.25, -0.2) is 0 Å². The van der Waals surface area contributed by atoms with Crippen LogP contribution in [0.2, 0.25) is 0 Å². The second-order valence-corrected chi connectivity index (χ2v) is 6.34. The van der Waals surface area contributed by atoms with E-state index < -0.39 is 0 Å². The third kappa shape index (κ3) is 4.26. The highest BCUT2D eigenvalue weighted by Gasteiger charge is 2.19. The molecule has 0 aromatic heterocycles. The lowest BCUT2D eigenvalue weighted by atomic mass is 10.1. The average Bonchev–Trinajstić information content (AvgIpc) is 3.13. The quantitative estimate of drug-likeness (QED) is 0.826. The molecule has 0 fully saturated rings. The van der Waals surface area contributed by atoms with Crippen LogP contribution < -0.4 is 19.5 Å². The molecule has 6 nitrogen and oxygen atoms in total. The van der Waals surface area contributed by atoms with Crippen LogP contribution in [0.3, 0.4) is 0 Å². The zero-order valence-corrected chi connectivity index (χ0v) is 15.3. The van der Waals surface area contributed by atoms with Gasteiger partial charge in [0.15, 0.2) is 11.5 Å². The van der Waals surface area contributed by atoms with Gasteiger partial charge in [0.2, 0.25) is 12.7 Å². The molecular formula is C20H24N2O4. The first-order valence-corrected chi connectivity index (χ1v) is 8.56. The van der Waals surface area contributed by atoms with Crippen molar-refractivity contribution in [3.63, 3.8) is 0 Å². The molecule has 1 amide bonds. The monoisotopic (exact) mass is 356 g/mol. The number of carbonyl (C=O) groups excluding carboxylic acids is 1. The second kappa shape index (κ2) is 8.10. The van der Waals surface area contributed by atoms with E-state index in [1.807, 2.05) is 61.3 Å². The zero-order valence-electron chi connectivity index (χ0n) is 15.3. The van der Waals surface area contributed by atoms with Gasteiger partial charge in [-0.05, 0) is 49.4 Å². The highest BCUT2D eigenvalue weighted by atomic mass is 16.7. The molecule has 26 heavy (non-hydrogen) atoms. The molecule has 1 atom stereocenters. The zero-order chi connectivity index (χ0) is 18.5. The summed E-state index contributed by atoms with van der Waals surface area (Å²) in [7, 11) is 3.59. The molecule has 3 rings (SSSR count). The fourth-order valence-electron chi connectivity index (χ4n) is 2.74. The molecule has 1 aliphatic heterocycles. The van der Waals surface area contributed by atoms with Gasteiger partial charge in [-0.15, -0.1) is 0 Å². The van der Waals surface area contributed by atoms with E-state index in [0.717, 1.165) is 28.4 Å². The number of hydrogen-bond donors (Lipinski definition) is 1.